The molecule has 2 unspecified atom stereocenters. The zero-order valence-corrected chi connectivity index (χ0v) is 10.7. The number of ether oxygens (including phenoxy) is 1. The summed E-state index contributed by atoms with van der Waals surface area (Å²) in [6.07, 6.45) is 1.22. The Balaban J connectivity index is 2.24. The lowest BCUT2D eigenvalue weighted by Crippen LogP contribution is -2.51. The van der Waals surface area contributed by atoms with Gasteiger partial charge in [-0.3, -0.25) is 4.57 Å². The second kappa shape index (κ2) is 3.85. The van der Waals surface area contributed by atoms with Gasteiger partial charge >= 0.3 is 0 Å². The van der Waals surface area contributed by atoms with E-state index in [1.54, 1.807) is 0 Å². The molecule has 1 saturated carbocycles. The van der Waals surface area contributed by atoms with Gasteiger partial charge in [-0.2, -0.15) is 0 Å². The summed E-state index contributed by atoms with van der Waals surface area (Å²) in [6, 6.07) is 0.273. The van der Waals surface area contributed by atoms with Gasteiger partial charge in [-0.1, -0.05) is 13.8 Å². The Morgan fingerprint density at radius 2 is 2.38 bits per heavy atom. The van der Waals surface area contributed by atoms with Gasteiger partial charge in [-0.15, -0.1) is 5.10 Å². The van der Waals surface area contributed by atoms with Gasteiger partial charge < -0.3 is 10.5 Å². The second-order valence-corrected chi connectivity index (χ2v) is 5.16. The third-order valence-electron chi connectivity index (χ3n) is 3.54. The second-order valence-electron chi connectivity index (χ2n) is 4.77. The standard InChI is InChI=1S/C10H18N4OS/c1-4-15-7-5-6(10(7,2)3)14-8(11)12-13-9(14)16/h6-7H,4-5H2,1-3H3,(H2,11,12)(H,13,16). The van der Waals surface area contributed by atoms with Gasteiger partial charge in [-0.25, -0.2) is 5.10 Å². The summed E-state index contributed by atoms with van der Waals surface area (Å²) in [7, 11) is 0. The van der Waals surface area contributed by atoms with Crippen LogP contribution in [0.3, 0.4) is 0 Å². The van der Waals surface area contributed by atoms with E-state index in [0.29, 0.717) is 10.7 Å². The molecule has 1 fully saturated rings. The summed E-state index contributed by atoms with van der Waals surface area (Å²) >= 11 is 5.18. The van der Waals surface area contributed by atoms with Crippen LogP contribution in [0.4, 0.5) is 5.95 Å². The first-order valence-corrected chi connectivity index (χ1v) is 5.93. The quantitative estimate of drug-likeness (QED) is 0.794. The lowest BCUT2D eigenvalue weighted by atomic mass is 9.64. The summed E-state index contributed by atoms with van der Waals surface area (Å²) in [6.45, 7) is 7.11. The van der Waals surface area contributed by atoms with Crippen LogP contribution in [0, 0.1) is 10.2 Å². The Labute approximate surface area is 100.0 Å². The van der Waals surface area contributed by atoms with Gasteiger partial charge in [0.15, 0.2) is 4.77 Å². The predicted octanol–water partition coefficient (Wildman–Crippen LogP) is 1.90. The fourth-order valence-corrected chi connectivity index (χ4v) is 2.67. The number of nitrogens with two attached hydrogens (primary N) is 1. The molecule has 0 saturated heterocycles. The van der Waals surface area contributed by atoms with E-state index in [2.05, 4.69) is 24.0 Å². The van der Waals surface area contributed by atoms with Crippen LogP contribution in [0.2, 0.25) is 0 Å². The Morgan fingerprint density at radius 1 is 1.69 bits per heavy atom. The molecule has 0 amide bonds. The zero-order chi connectivity index (χ0) is 11.9. The molecule has 90 valence electrons. The van der Waals surface area contributed by atoms with Crippen molar-refractivity contribution in [3.05, 3.63) is 4.77 Å². The van der Waals surface area contributed by atoms with Crippen LogP contribution < -0.4 is 5.73 Å². The molecule has 1 aromatic heterocycles. The number of rotatable bonds is 3. The van der Waals surface area contributed by atoms with E-state index in [9.17, 15) is 0 Å². The number of aromatic nitrogens is 3. The summed E-state index contributed by atoms with van der Waals surface area (Å²) in [5.41, 5.74) is 5.85. The van der Waals surface area contributed by atoms with Gasteiger partial charge in [-0.05, 0) is 25.6 Å². The molecule has 2 atom stereocenters. The first kappa shape index (κ1) is 11.6. The minimum atomic E-state index is 0.0478. The Kier molecular flexibility index (Phi) is 2.79. The van der Waals surface area contributed by atoms with E-state index in [-0.39, 0.29) is 17.6 Å². The van der Waals surface area contributed by atoms with E-state index in [4.69, 9.17) is 22.7 Å². The fourth-order valence-electron chi connectivity index (χ4n) is 2.40. The molecule has 1 aliphatic rings. The van der Waals surface area contributed by atoms with Gasteiger partial charge in [0.25, 0.3) is 0 Å². The van der Waals surface area contributed by atoms with Crippen LogP contribution in [0.1, 0.15) is 33.2 Å². The highest BCUT2D eigenvalue weighted by Gasteiger charge is 2.50. The topological polar surface area (TPSA) is 68.9 Å². The van der Waals surface area contributed by atoms with Crippen molar-refractivity contribution in [1.82, 2.24) is 14.8 Å². The van der Waals surface area contributed by atoms with E-state index in [1.807, 2.05) is 11.5 Å². The maximum absolute atomic E-state index is 5.81. The monoisotopic (exact) mass is 242 g/mol. The third-order valence-corrected chi connectivity index (χ3v) is 3.83. The number of nitrogens with one attached hydrogen (secondary N) is 1. The van der Waals surface area contributed by atoms with Gasteiger partial charge in [0.2, 0.25) is 5.95 Å². The van der Waals surface area contributed by atoms with Gasteiger partial charge in [0, 0.05) is 18.1 Å². The summed E-state index contributed by atoms with van der Waals surface area (Å²) in [5.74, 6) is 0.457. The Bertz CT molecular complexity index is 436. The number of hydrogen-bond acceptors (Lipinski definition) is 4. The Morgan fingerprint density at radius 3 is 2.81 bits per heavy atom. The number of hydrogen-bond donors (Lipinski definition) is 2. The number of nitrogen functional groups attached to an aromatic ring is 1. The number of anilines is 1. The molecular weight excluding hydrogens is 224 g/mol. The fraction of sp³-hybridized carbons (Fsp3) is 0.800. The molecule has 3 N–H and O–H groups in total. The summed E-state index contributed by atoms with van der Waals surface area (Å²) < 4.78 is 8.16. The summed E-state index contributed by atoms with van der Waals surface area (Å²) in [4.78, 5) is 0. The molecule has 6 heteroatoms. The number of nitrogens with zero attached hydrogens (tertiary/aromatic N) is 2. The van der Waals surface area contributed by atoms with Crippen molar-refractivity contribution in [3.63, 3.8) is 0 Å². The molecule has 5 nitrogen and oxygen atoms in total. The Hall–Kier alpha value is -0.880. The van der Waals surface area contributed by atoms with Crippen molar-refractivity contribution in [2.45, 2.75) is 39.3 Å². The first-order valence-electron chi connectivity index (χ1n) is 5.52. The minimum Gasteiger partial charge on any atom is -0.378 e. The van der Waals surface area contributed by atoms with Crippen LogP contribution in [0.5, 0.6) is 0 Å². The molecule has 2 rings (SSSR count). The van der Waals surface area contributed by atoms with E-state index >= 15 is 0 Å². The van der Waals surface area contributed by atoms with Crippen molar-refractivity contribution in [3.8, 4) is 0 Å². The first-order chi connectivity index (χ1) is 7.48. The lowest BCUT2D eigenvalue weighted by molar-refractivity contribution is -0.127. The molecule has 1 aliphatic carbocycles. The van der Waals surface area contributed by atoms with Gasteiger partial charge in [0.1, 0.15) is 0 Å². The van der Waals surface area contributed by atoms with Gasteiger partial charge in [0.05, 0.1) is 6.10 Å². The molecule has 0 bridgehead atoms. The number of H-pyrrole nitrogens is 1. The van der Waals surface area contributed by atoms with E-state index in [1.165, 1.54) is 0 Å². The van der Waals surface area contributed by atoms with Crippen LogP contribution in [0.25, 0.3) is 0 Å². The summed E-state index contributed by atoms with van der Waals surface area (Å²) in [5, 5.41) is 6.66. The maximum Gasteiger partial charge on any atom is 0.220 e. The lowest BCUT2D eigenvalue weighted by Gasteiger charge is -2.51. The number of aromatic amines is 1. The molecule has 16 heavy (non-hydrogen) atoms. The van der Waals surface area contributed by atoms with Crippen LogP contribution in [-0.4, -0.2) is 27.5 Å². The van der Waals surface area contributed by atoms with Crippen LogP contribution in [-0.2, 0) is 4.74 Å². The molecular formula is C10H18N4OS. The van der Waals surface area contributed by atoms with E-state index in [0.717, 1.165) is 13.0 Å². The van der Waals surface area contributed by atoms with Crippen LogP contribution >= 0.6 is 12.2 Å². The highest BCUT2D eigenvalue weighted by Crippen LogP contribution is 2.51. The van der Waals surface area contributed by atoms with Crippen molar-refractivity contribution in [2.24, 2.45) is 5.41 Å². The molecule has 1 heterocycles. The average molecular weight is 242 g/mol. The molecule has 0 aromatic carbocycles. The molecule has 0 aliphatic heterocycles. The van der Waals surface area contributed by atoms with Crippen molar-refractivity contribution >= 4 is 18.2 Å². The van der Waals surface area contributed by atoms with Crippen LogP contribution in [0.15, 0.2) is 0 Å². The highest BCUT2D eigenvalue weighted by molar-refractivity contribution is 7.71. The average Bonchev–Trinajstić information content (AvgIpc) is 2.54. The van der Waals surface area contributed by atoms with Crippen molar-refractivity contribution < 1.29 is 4.74 Å². The SMILES string of the molecule is CCOC1CC(n2c(N)n[nH]c2=S)C1(C)C. The maximum atomic E-state index is 5.81. The minimum absolute atomic E-state index is 0.0478. The smallest absolute Gasteiger partial charge is 0.220 e. The van der Waals surface area contributed by atoms with Crippen molar-refractivity contribution in [2.75, 3.05) is 12.3 Å². The van der Waals surface area contributed by atoms with E-state index < -0.39 is 0 Å². The zero-order valence-electron chi connectivity index (χ0n) is 9.86. The molecule has 0 radical (unpaired) electrons. The van der Waals surface area contributed by atoms with Crippen molar-refractivity contribution in [1.29, 1.82) is 0 Å². The molecule has 1 aromatic rings. The molecule has 0 spiro atoms. The third kappa shape index (κ3) is 1.56. The normalized spacial score (nSPS) is 27.7. The predicted molar refractivity (Wildman–Crippen MR) is 64.7 cm³/mol. The largest absolute Gasteiger partial charge is 0.378 e. The highest BCUT2D eigenvalue weighted by atomic mass is 32.1.